The van der Waals surface area contributed by atoms with Crippen LogP contribution in [-0.2, 0) is 11.2 Å². The van der Waals surface area contributed by atoms with Gasteiger partial charge in [0.2, 0.25) is 5.91 Å². The van der Waals surface area contributed by atoms with Gasteiger partial charge < -0.3 is 15.5 Å². The molecule has 6 heteroatoms. The molecule has 1 aromatic carbocycles. The minimum atomic E-state index is 0. The van der Waals surface area contributed by atoms with Gasteiger partial charge in [0.05, 0.1) is 0 Å². The third kappa shape index (κ3) is 5.09. The molecule has 1 amide bonds. The van der Waals surface area contributed by atoms with Crippen molar-refractivity contribution in [2.45, 2.75) is 32.6 Å². The summed E-state index contributed by atoms with van der Waals surface area (Å²) in [6, 6.07) is 8.18. The van der Waals surface area contributed by atoms with E-state index in [-0.39, 0.29) is 36.4 Å². The SMILES string of the molecule is CCNC(=NCC(=O)N1CCCc2ccccc21)NCC1CC1.I. The van der Waals surface area contributed by atoms with Gasteiger partial charge in [0, 0.05) is 25.3 Å². The molecule has 1 fully saturated rings. The largest absolute Gasteiger partial charge is 0.357 e. The summed E-state index contributed by atoms with van der Waals surface area (Å²) >= 11 is 0. The molecule has 5 nitrogen and oxygen atoms in total. The van der Waals surface area contributed by atoms with Crippen molar-refractivity contribution >= 4 is 41.5 Å². The Morgan fingerprint density at radius 3 is 2.83 bits per heavy atom. The maximum Gasteiger partial charge on any atom is 0.248 e. The Kier molecular flexibility index (Phi) is 7.33. The Morgan fingerprint density at radius 1 is 1.29 bits per heavy atom. The van der Waals surface area contributed by atoms with Crippen LogP contribution in [0.15, 0.2) is 29.3 Å². The number of aliphatic imine (C=N–C) groups is 1. The van der Waals surface area contributed by atoms with Crippen molar-refractivity contribution in [3.8, 4) is 0 Å². The molecule has 2 aliphatic rings. The quantitative estimate of drug-likeness (QED) is 0.419. The van der Waals surface area contributed by atoms with Crippen LogP contribution in [-0.4, -0.2) is 38.0 Å². The van der Waals surface area contributed by atoms with Crippen LogP contribution in [0.2, 0.25) is 0 Å². The number of fused-ring (bicyclic) bond motifs is 1. The highest BCUT2D eigenvalue weighted by Crippen LogP contribution is 2.27. The summed E-state index contributed by atoms with van der Waals surface area (Å²) in [6.07, 6.45) is 4.67. The van der Waals surface area contributed by atoms with E-state index in [1.165, 1.54) is 18.4 Å². The predicted octanol–water partition coefficient (Wildman–Crippen LogP) is 2.55. The van der Waals surface area contributed by atoms with Crippen LogP contribution in [0.3, 0.4) is 0 Å². The second kappa shape index (κ2) is 9.25. The summed E-state index contributed by atoms with van der Waals surface area (Å²) in [7, 11) is 0. The monoisotopic (exact) mass is 442 g/mol. The lowest BCUT2D eigenvalue weighted by molar-refractivity contribution is -0.117. The molecule has 0 bridgehead atoms. The van der Waals surface area contributed by atoms with Gasteiger partial charge in [-0.2, -0.15) is 0 Å². The first kappa shape index (κ1) is 19.0. The Balaban J connectivity index is 0.00000208. The second-order valence-corrected chi connectivity index (χ2v) is 6.30. The molecular formula is C18H27IN4O. The lowest BCUT2D eigenvalue weighted by Crippen LogP contribution is -2.41. The van der Waals surface area contributed by atoms with Gasteiger partial charge in [0.1, 0.15) is 6.54 Å². The van der Waals surface area contributed by atoms with E-state index in [9.17, 15) is 4.79 Å². The number of carbonyl (C=O) groups excluding carboxylic acids is 1. The number of nitrogens with one attached hydrogen (secondary N) is 2. The van der Waals surface area contributed by atoms with Gasteiger partial charge in [-0.25, -0.2) is 4.99 Å². The lowest BCUT2D eigenvalue weighted by atomic mass is 10.0. The van der Waals surface area contributed by atoms with Crippen LogP contribution in [0.25, 0.3) is 0 Å². The fourth-order valence-corrected chi connectivity index (χ4v) is 2.93. The van der Waals surface area contributed by atoms with Gasteiger partial charge in [-0.3, -0.25) is 4.79 Å². The van der Waals surface area contributed by atoms with Gasteiger partial charge in [-0.05, 0) is 50.2 Å². The molecule has 0 saturated heterocycles. The van der Waals surface area contributed by atoms with Crippen molar-refractivity contribution in [2.24, 2.45) is 10.9 Å². The van der Waals surface area contributed by atoms with E-state index < -0.39 is 0 Å². The standard InChI is InChI=1S/C18H26N4O.HI/c1-2-19-18(20-12-14-9-10-14)21-13-17(23)22-11-5-7-15-6-3-4-8-16(15)22;/h3-4,6,8,14H,2,5,7,9-13H2,1H3,(H2,19,20,21);1H. The van der Waals surface area contributed by atoms with E-state index in [2.05, 4.69) is 21.7 Å². The van der Waals surface area contributed by atoms with E-state index in [4.69, 9.17) is 0 Å². The molecule has 3 rings (SSSR count). The number of para-hydroxylation sites is 1. The molecule has 1 heterocycles. The van der Waals surface area contributed by atoms with E-state index >= 15 is 0 Å². The highest BCUT2D eigenvalue weighted by molar-refractivity contribution is 14.0. The predicted molar refractivity (Wildman–Crippen MR) is 109 cm³/mol. The van der Waals surface area contributed by atoms with E-state index in [1.807, 2.05) is 30.0 Å². The third-order valence-electron chi connectivity index (χ3n) is 4.38. The fourth-order valence-electron chi connectivity index (χ4n) is 2.93. The van der Waals surface area contributed by atoms with Crippen LogP contribution in [0, 0.1) is 5.92 Å². The zero-order valence-corrected chi connectivity index (χ0v) is 16.6. The van der Waals surface area contributed by atoms with Gasteiger partial charge in [-0.1, -0.05) is 18.2 Å². The molecule has 132 valence electrons. The first-order valence-corrected chi connectivity index (χ1v) is 8.68. The molecule has 24 heavy (non-hydrogen) atoms. The van der Waals surface area contributed by atoms with E-state index in [0.717, 1.165) is 50.0 Å². The highest BCUT2D eigenvalue weighted by Gasteiger charge is 2.23. The van der Waals surface area contributed by atoms with Crippen LogP contribution in [0.1, 0.15) is 31.7 Å². The third-order valence-corrected chi connectivity index (χ3v) is 4.38. The summed E-state index contributed by atoms with van der Waals surface area (Å²) in [5, 5.41) is 6.54. The van der Waals surface area contributed by atoms with Crippen molar-refractivity contribution in [2.75, 3.05) is 31.1 Å². The van der Waals surface area contributed by atoms with Crippen LogP contribution >= 0.6 is 24.0 Å². The Hall–Kier alpha value is -1.31. The van der Waals surface area contributed by atoms with Crippen molar-refractivity contribution in [1.82, 2.24) is 10.6 Å². The summed E-state index contributed by atoms with van der Waals surface area (Å²) in [5.41, 5.74) is 2.31. The minimum absolute atomic E-state index is 0. The molecule has 1 aromatic rings. The number of halogens is 1. The molecule has 0 aromatic heterocycles. The summed E-state index contributed by atoms with van der Waals surface area (Å²) < 4.78 is 0. The van der Waals surface area contributed by atoms with Crippen molar-refractivity contribution in [3.05, 3.63) is 29.8 Å². The molecule has 1 saturated carbocycles. The van der Waals surface area contributed by atoms with Gasteiger partial charge in [0.25, 0.3) is 0 Å². The summed E-state index contributed by atoms with van der Waals surface area (Å²) in [4.78, 5) is 18.9. The van der Waals surface area contributed by atoms with Gasteiger partial charge in [-0.15, -0.1) is 24.0 Å². The van der Waals surface area contributed by atoms with Crippen LogP contribution < -0.4 is 15.5 Å². The molecular weight excluding hydrogens is 415 g/mol. The molecule has 0 radical (unpaired) electrons. The zero-order chi connectivity index (χ0) is 16.1. The fraction of sp³-hybridized carbons (Fsp3) is 0.556. The highest BCUT2D eigenvalue weighted by atomic mass is 127. The van der Waals surface area contributed by atoms with Crippen LogP contribution in [0.4, 0.5) is 5.69 Å². The van der Waals surface area contributed by atoms with E-state index in [0.29, 0.717) is 0 Å². The smallest absolute Gasteiger partial charge is 0.248 e. The maximum absolute atomic E-state index is 12.6. The number of hydrogen-bond donors (Lipinski definition) is 2. The minimum Gasteiger partial charge on any atom is -0.357 e. The molecule has 0 spiro atoms. The average molecular weight is 442 g/mol. The van der Waals surface area contributed by atoms with Crippen molar-refractivity contribution in [1.29, 1.82) is 0 Å². The first-order chi connectivity index (χ1) is 11.3. The van der Waals surface area contributed by atoms with Crippen molar-refractivity contribution in [3.63, 3.8) is 0 Å². The number of rotatable bonds is 5. The number of anilines is 1. The van der Waals surface area contributed by atoms with Gasteiger partial charge in [0.15, 0.2) is 5.96 Å². The number of aryl methyl sites for hydroxylation is 1. The maximum atomic E-state index is 12.6. The summed E-state index contributed by atoms with van der Waals surface area (Å²) in [5.74, 6) is 1.60. The summed E-state index contributed by atoms with van der Waals surface area (Å²) in [6.45, 7) is 4.77. The molecule has 0 atom stereocenters. The van der Waals surface area contributed by atoms with Crippen LogP contribution in [0.5, 0.6) is 0 Å². The molecule has 2 N–H and O–H groups in total. The molecule has 1 aliphatic heterocycles. The number of hydrogen-bond acceptors (Lipinski definition) is 2. The molecule has 0 unspecified atom stereocenters. The Bertz CT molecular complexity index is 586. The number of benzene rings is 1. The topological polar surface area (TPSA) is 56.7 Å². The lowest BCUT2D eigenvalue weighted by Gasteiger charge is -2.29. The number of carbonyl (C=O) groups is 1. The Labute approximate surface area is 161 Å². The number of nitrogens with zero attached hydrogens (tertiary/aromatic N) is 2. The number of amides is 1. The second-order valence-electron chi connectivity index (χ2n) is 6.30. The first-order valence-electron chi connectivity index (χ1n) is 8.68. The van der Waals surface area contributed by atoms with Crippen molar-refractivity contribution < 1.29 is 4.79 Å². The zero-order valence-electron chi connectivity index (χ0n) is 14.3. The normalized spacial score (nSPS) is 16.9. The van der Waals surface area contributed by atoms with E-state index in [1.54, 1.807) is 0 Å². The number of guanidine groups is 1. The van der Waals surface area contributed by atoms with Gasteiger partial charge >= 0.3 is 0 Å². The average Bonchev–Trinajstić information content (AvgIpc) is 3.41. The molecule has 1 aliphatic carbocycles. The Morgan fingerprint density at radius 2 is 2.08 bits per heavy atom.